The minimum Gasteiger partial charge on any atom is -0.394 e. The fraction of sp³-hybridized carbons (Fsp3) is 0.500. The number of hydrogen-bond donors (Lipinski definition) is 2. The second-order valence-electron chi connectivity index (χ2n) is 4.17. The van der Waals surface area contributed by atoms with Gasteiger partial charge in [-0.2, -0.15) is 0 Å². The summed E-state index contributed by atoms with van der Waals surface area (Å²) in [7, 11) is 0. The number of rotatable bonds is 5. The van der Waals surface area contributed by atoms with E-state index in [1.165, 1.54) is 6.07 Å². The topological polar surface area (TPSA) is 32.3 Å². The first-order valence-corrected chi connectivity index (χ1v) is 6.10. The normalized spacial score (nSPS) is 14.8. The summed E-state index contributed by atoms with van der Waals surface area (Å²) < 4.78 is 13.7. The van der Waals surface area contributed by atoms with Crippen LogP contribution in [0, 0.1) is 5.82 Å². The zero-order valence-electron chi connectivity index (χ0n) is 9.56. The third-order valence-electron chi connectivity index (χ3n) is 2.83. The van der Waals surface area contributed by atoms with Crippen LogP contribution < -0.4 is 5.32 Å². The molecule has 2 nitrogen and oxygen atoms in total. The molecule has 0 spiro atoms. The summed E-state index contributed by atoms with van der Waals surface area (Å²) in [5.41, 5.74) is 0.567. The Bertz CT molecular complexity index is 353. The highest BCUT2D eigenvalue weighted by atomic mass is 79.9. The molecule has 0 saturated heterocycles. The molecule has 0 bridgehead atoms. The van der Waals surface area contributed by atoms with Gasteiger partial charge in [0.1, 0.15) is 5.82 Å². The maximum Gasteiger partial charge on any atom is 0.137 e. The molecule has 0 fully saturated rings. The standard InChI is InChI=1S/C12H17BrFNO/c1-3-12(2,8-16)15-7-9-4-5-10(13)11(14)6-9/h4-6,15-16H,3,7-8H2,1-2H3. The molecule has 0 aliphatic rings. The predicted molar refractivity (Wildman–Crippen MR) is 66.7 cm³/mol. The molecule has 1 aromatic rings. The van der Waals surface area contributed by atoms with Crippen LogP contribution in [0.2, 0.25) is 0 Å². The molecule has 0 amide bonds. The lowest BCUT2D eigenvalue weighted by Crippen LogP contribution is -2.44. The second-order valence-corrected chi connectivity index (χ2v) is 5.03. The Kier molecular flexibility index (Phi) is 4.89. The molecule has 0 aliphatic heterocycles. The molecule has 0 aromatic heterocycles. The number of aliphatic hydroxyl groups is 1. The van der Waals surface area contributed by atoms with Gasteiger partial charge in [0.05, 0.1) is 11.1 Å². The molecule has 1 unspecified atom stereocenters. The van der Waals surface area contributed by atoms with Gasteiger partial charge >= 0.3 is 0 Å². The molecular weight excluding hydrogens is 273 g/mol. The van der Waals surface area contributed by atoms with Crippen molar-refractivity contribution in [2.45, 2.75) is 32.4 Å². The zero-order valence-corrected chi connectivity index (χ0v) is 11.1. The lowest BCUT2D eigenvalue weighted by molar-refractivity contribution is 0.169. The van der Waals surface area contributed by atoms with E-state index in [0.29, 0.717) is 11.0 Å². The Morgan fingerprint density at radius 3 is 2.69 bits per heavy atom. The summed E-state index contributed by atoms with van der Waals surface area (Å²) in [6, 6.07) is 5.03. The van der Waals surface area contributed by atoms with E-state index < -0.39 is 0 Å². The van der Waals surface area contributed by atoms with E-state index in [4.69, 9.17) is 0 Å². The van der Waals surface area contributed by atoms with E-state index in [2.05, 4.69) is 21.2 Å². The van der Waals surface area contributed by atoms with Crippen molar-refractivity contribution in [2.24, 2.45) is 0 Å². The summed E-state index contributed by atoms with van der Waals surface area (Å²) in [6.07, 6.45) is 0.822. The number of halogens is 2. The van der Waals surface area contributed by atoms with Gasteiger partial charge in [0.15, 0.2) is 0 Å². The van der Waals surface area contributed by atoms with E-state index in [1.54, 1.807) is 6.07 Å². The van der Waals surface area contributed by atoms with Crippen LogP contribution in [-0.4, -0.2) is 17.3 Å². The molecule has 0 saturated carbocycles. The molecule has 0 heterocycles. The number of hydrogen-bond acceptors (Lipinski definition) is 2. The van der Waals surface area contributed by atoms with Crippen molar-refractivity contribution in [3.8, 4) is 0 Å². The van der Waals surface area contributed by atoms with Crippen molar-refractivity contribution in [3.05, 3.63) is 34.1 Å². The van der Waals surface area contributed by atoms with Crippen molar-refractivity contribution in [1.82, 2.24) is 5.32 Å². The summed E-state index contributed by atoms with van der Waals surface area (Å²) in [5, 5.41) is 12.4. The van der Waals surface area contributed by atoms with Gasteiger partial charge in [-0.1, -0.05) is 13.0 Å². The quantitative estimate of drug-likeness (QED) is 0.874. The van der Waals surface area contributed by atoms with E-state index in [0.717, 1.165) is 12.0 Å². The summed E-state index contributed by atoms with van der Waals surface area (Å²) in [6.45, 7) is 4.57. The van der Waals surface area contributed by atoms with E-state index >= 15 is 0 Å². The Morgan fingerprint density at radius 2 is 2.19 bits per heavy atom. The molecule has 1 rings (SSSR count). The third kappa shape index (κ3) is 3.54. The number of aliphatic hydroxyl groups excluding tert-OH is 1. The fourth-order valence-electron chi connectivity index (χ4n) is 1.26. The minimum atomic E-state index is -0.302. The van der Waals surface area contributed by atoms with Gasteiger partial charge in [0.25, 0.3) is 0 Å². The highest BCUT2D eigenvalue weighted by molar-refractivity contribution is 9.10. The van der Waals surface area contributed by atoms with Gasteiger partial charge in [-0.3, -0.25) is 0 Å². The highest BCUT2D eigenvalue weighted by Crippen LogP contribution is 2.17. The molecule has 90 valence electrons. The predicted octanol–water partition coefficient (Wildman–Crippen LogP) is 2.84. The largest absolute Gasteiger partial charge is 0.394 e. The van der Waals surface area contributed by atoms with Crippen LogP contribution >= 0.6 is 15.9 Å². The average molecular weight is 290 g/mol. The van der Waals surface area contributed by atoms with Crippen LogP contribution in [-0.2, 0) is 6.54 Å². The molecule has 1 aromatic carbocycles. The first-order chi connectivity index (χ1) is 7.50. The van der Waals surface area contributed by atoms with Gasteiger partial charge in [0, 0.05) is 12.1 Å². The molecule has 0 aliphatic carbocycles. The average Bonchev–Trinajstić information content (AvgIpc) is 2.30. The fourth-order valence-corrected chi connectivity index (χ4v) is 1.50. The van der Waals surface area contributed by atoms with Crippen molar-refractivity contribution >= 4 is 15.9 Å². The first kappa shape index (κ1) is 13.6. The summed E-state index contributed by atoms with van der Waals surface area (Å²) in [4.78, 5) is 0. The van der Waals surface area contributed by atoms with Gasteiger partial charge in [-0.25, -0.2) is 4.39 Å². The van der Waals surface area contributed by atoms with Crippen LogP contribution in [0.1, 0.15) is 25.8 Å². The third-order valence-corrected chi connectivity index (χ3v) is 3.48. The molecule has 16 heavy (non-hydrogen) atoms. The molecule has 1 atom stereocenters. The molecule has 0 radical (unpaired) electrons. The Balaban J connectivity index is 2.64. The molecule has 2 N–H and O–H groups in total. The lowest BCUT2D eigenvalue weighted by Gasteiger charge is -2.27. The Labute approximate surface area is 104 Å². The van der Waals surface area contributed by atoms with Gasteiger partial charge in [-0.15, -0.1) is 0 Å². The van der Waals surface area contributed by atoms with Gasteiger partial charge in [-0.05, 0) is 47.0 Å². The van der Waals surface area contributed by atoms with Crippen molar-refractivity contribution in [3.63, 3.8) is 0 Å². The zero-order chi connectivity index (χ0) is 12.2. The van der Waals surface area contributed by atoms with Crippen LogP contribution in [0.4, 0.5) is 4.39 Å². The van der Waals surface area contributed by atoms with Gasteiger partial charge < -0.3 is 10.4 Å². The monoisotopic (exact) mass is 289 g/mol. The maximum atomic E-state index is 13.2. The van der Waals surface area contributed by atoms with Gasteiger partial charge in [0.2, 0.25) is 0 Å². The van der Waals surface area contributed by atoms with Crippen LogP contribution in [0.5, 0.6) is 0 Å². The Hall–Kier alpha value is -0.450. The first-order valence-electron chi connectivity index (χ1n) is 5.30. The van der Waals surface area contributed by atoms with Crippen molar-refractivity contribution in [1.29, 1.82) is 0 Å². The van der Waals surface area contributed by atoms with E-state index in [1.807, 2.05) is 19.9 Å². The smallest absolute Gasteiger partial charge is 0.137 e. The number of benzene rings is 1. The SMILES string of the molecule is CCC(C)(CO)NCc1ccc(Br)c(F)c1. The Morgan fingerprint density at radius 1 is 1.50 bits per heavy atom. The van der Waals surface area contributed by atoms with Crippen LogP contribution in [0.25, 0.3) is 0 Å². The molecular formula is C12H17BrFNO. The van der Waals surface area contributed by atoms with Crippen LogP contribution in [0.15, 0.2) is 22.7 Å². The van der Waals surface area contributed by atoms with E-state index in [-0.39, 0.29) is 18.0 Å². The minimum absolute atomic E-state index is 0.0719. The number of nitrogens with one attached hydrogen (secondary N) is 1. The van der Waals surface area contributed by atoms with Crippen LogP contribution in [0.3, 0.4) is 0 Å². The molecule has 4 heteroatoms. The summed E-state index contributed by atoms with van der Waals surface area (Å²) in [5.74, 6) is -0.262. The summed E-state index contributed by atoms with van der Waals surface area (Å²) >= 11 is 3.11. The van der Waals surface area contributed by atoms with E-state index in [9.17, 15) is 9.50 Å². The lowest BCUT2D eigenvalue weighted by atomic mass is 10.00. The van der Waals surface area contributed by atoms with Crippen molar-refractivity contribution in [2.75, 3.05) is 6.61 Å². The highest BCUT2D eigenvalue weighted by Gasteiger charge is 2.19. The van der Waals surface area contributed by atoms with Crippen molar-refractivity contribution < 1.29 is 9.50 Å². The second kappa shape index (κ2) is 5.75. The maximum absolute atomic E-state index is 13.2.